The van der Waals surface area contributed by atoms with E-state index >= 15 is 0 Å². The van der Waals surface area contributed by atoms with Crippen molar-refractivity contribution in [2.24, 2.45) is 5.73 Å². The van der Waals surface area contributed by atoms with Gasteiger partial charge >= 0.3 is 0 Å². The largest absolute Gasteiger partial charge is 0.386 e. The number of aromatic amines is 1. The van der Waals surface area contributed by atoms with Crippen molar-refractivity contribution in [2.75, 3.05) is 32.5 Å². The Morgan fingerprint density at radius 3 is 2.51 bits per heavy atom. The van der Waals surface area contributed by atoms with Gasteiger partial charge in [-0.25, -0.2) is 12.7 Å². The first-order valence-electron chi connectivity index (χ1n) is 11.1. The van der Waals surface area contributed by atoms with E-state index in [1.165, 1.54) is 26.2 Å². The normalized spacial score (nSPS) is 15.8. The second-order valence-electron chi connectivity index (χ2n) is 8.80. The first kappa shape index (κ1) is 24.3. The van der Waals surface area contributed by atoms with Crippen molar-refractivity contribution in [3.05, 3.63) is 59.3 Å². The fraction of sp³-hybridized carbons (Fsp3) is 0.348. The number of likely N-dealkylation sites (tertiary alicyclic amines) is 1. The fourth-order valence-electron chi connectivity index (χ4n) is 4.40. The summed E-state index contributed by atoms with van der Waals surface area (Å²) >= 11 is 0. The van der Waals surface area contributed by atoms with Crippen molar-refractivity contribution in [2.45, 2.75) is 29.7 Å². The minimum absolute atomic E-state index is 0.155. The number of hydrogen-bond acceptors (Lipinski definition) is 8. The van der Waals surface area contributed by atoms with Gasteiger partial charge in [-0.3, -0.25) is 9.48 Å². The Hall–Kier alpha value is -3.82. The molecule has 1 aliphatic rings. The van der Waals surface area contributed by atoms with Crippen LogP contribution in [0.3, 0.4) is 0 Å². The predicted molar refractivity (Wildman–Crippen MR) is 133 cm³/mol. The molecule has 12 heteroatoms. The molecule has 0 aliphatic carbocycles. The van der Waals surface area contributed by atoms with Crippen molar-refractivity contribution in [3.63, 3.8) is 0 Å². The molecule has 0 amide bonds. The van der Waals surface area contributed by atoms with Crippen LogP contribution in [0.5, 0.6) is 0 Å². The number of H-pyrrole nitrogens is 1. The molecule has 1 aromatic carbocycles. The highest BCUT2D eigenvalue weighted by Gasteiger charge is 2.39. The van der Waals surface area contributed by atoms with Gasteiger partial charge in [-0.2, -0.15) is 10.4 Å². The third-order valence-electron chi connectivity index (χ3n) is 6.46. The van der Waals surface area contributed by atoms with Crippen LogP contribution in [0, 0.1) is 11.3 Å². The van der Waals surface area contributed by atoms with Crippen molar-refractivity contribution >= 4 is 32.4 Å². The number of nitrogens with one attached hydrogen (secondary N) is 2. The molecule has 2 aromatic heterocycles. The number of anilines is 2. The van der Waals surface area contributed by atoms with Gasteiger partial charge in [-0.1, -0.05) is 6.58 Å². The van der Waals surface area contributed by atoms with Gasteiger partial charge in [0.2, 0.25) is 10.0 Å². The molecule has 3 aromatic rings. The molecule has 0 radical (unpaired) electrons. The third-order valence-corrected chi connectivity index (χ3v) is 8.29. The zero-order chi connectivity index (χ0) is 25.4. The van der Waals surface area contributed by atoms with E-state index in [1.54, 1.807) is 29.1 Å². The van der Waals surface area contributed by atoms with Crippen LogP contribution in [0.1, 0.15) is 19.3 Å². The Bertz CT molecular complexity index is 1460. The average molecular weight is 497 g/mol. The number of rotatable bonds is 7. The van der Waals surface area contributed by atoms with Crippen LogP contribution >= 0.6 is 0 Å². The lowest BCUT2D eigenvalue weighted by Gasteiger charge is -2.41. The third kappa shape index (κ3) is 4.36. The summed E-state index contributed by atoms with van der Waals surface area (Å²) in [7, 11) is -0.623. The number of benzene rings is 1. The summed E-state index contributed by atoms with van der Waals surface area (Å²) in [5.41, 5.74) is 6.12. The van der Waals surface area contributed by atoms with Crippen LogP contribution in [0.4, 0.5) is 11.5 Å². The lowest BCUT2D eigenvalue weighted by Crippen LogP contribution is -2.47. The summed E-state index contributed by atoms with van der Waals surface area (Å²) in [6, 6.07) is 10.3. The number of sulfonamides is 1. The van der Waals surface area contributed by atoms with Gasteiger partial charge < -0.3 is 20.9 Å². The van der Waals surface area contributed by atoms with Crippen LogP contribution in [0.2, 0.25) is 0 Å². The maximum Gasteiger partial charge on any atom is 0.261 e. The van der Waals surface area contributed by atoms with Crippen molar-refractivity contribution in [1.82, 2.24) is 24.0 Å². The standard InChI is InChI=1S/C23H28N8O3S/c1-16(25)30-14-10-23(9-12-24,11-15-30)31-19-8-13-26-22(32)20(19)21(28-31)27-17-4-6-18(7-5-17)35(33,34)29(2)3/h4-8,13H,1,9-11,14-15,25H2,2-3H3,(H,26,32)(H,27,28). The van der Waals surface area contributed by atoms with Crippen molar-refractivity contribution in [3.8, 4) is 6.07 Å². The van der Waals surface area contributed by atoms with Gasteiger partial charge in [0.15, 0.2) is 5.82 Å². The molecule has 11 nitrogen and oxygen atoms in total. The number of pyridine rings is 1. The number of hydrogen-bond donors (Lipinski definition) is 3. The highest BCUT2D eigenvalue weighted by atomic mass is 32.2. The molecule has 3 heterocycles. The van der Waals surface area contributed by atoms with Crippen molar-refractivity contribution < 1.29 is 8.42 Å². The fourth-order valence-corrected chi connectivity index (χ4v) is 5.31. The molecule has 1 fully saturated rings. The summed E-state index contributed by atoms with van der Waals surface area (Å²) in [4.78, 5) is 17.6. The lowest BCUT2D eigenvalue weighted by atomic mass is 9.84. The van der Waals surface area contributed by atoms with Gasteiger partial charge in [0.05, 0.1) is 34.3 Å². The van der Waals surface area contributed by atoms with E-state index in [1.807, 2.05) is 4.90 Å². The number of nitriles is 1. The Labute approximate surface area is 203 Å². The Kier molecular flexibility index (Phi) is 6.31. The van der Waals surface area contributed by atoms with Crippen LogP contribution in [-0.2, 0) is 15.6 Å². The Morgan fingerprint density at radius 1 is 1.29 bits per heavy atom. The molecule has 1 saturated heterocycles. The molecule has 184 valence electrons. The smallest absolute Gasteiger partial charge is 0.261 e. The van der Waals surface area contributed by atoms with E-state index in [2.05, 4.69) is 22.9 Å². The van der Waals surface area contributed by atoms with E-state index in [0.29, 0.717) is 54.2 Å². The summed E-state index contributed by atoms with van der Waals surface area (Å²) in [6.45, 7) is 5.04. The van der Waals surface area contributed by atoms with Crippen LogP contribution in [0.15, 0.2) is 58.6 Å². The Morgan fingerprint density at radius 2 is 1.94 bits per heavy atom. The molecule has 0 unspecified atom stereocenters. The molecule has 0 bridgehead atoms. The van der Waals surface area contributed by atoms with Crippen LogP contribution in [0.25, 0.3) is 10.9 Å². The van der Waals surface area contributed by atoms with Gasteiger partial charge in [-0.15, -0.1) is 0 Å². The second-order valence-corrected chi connectivity index (χ2v) is 11.0. The molecule has 0 saturated carbocycles. The summed E-state index contributed by atoms with van der Waals surface area (Å²) in [5.74, 6) is 0.812. The second kappa shape index (κ2) is 9.09. The number of fused-ring (bicyclic) bond motifs is 1. The zero-order valence-electron chi connectivity index (χ0n) is 19.7. The van der Waals surface area contributed by atoms with Gasteiger partial charge in [0.1, 0.15) is 5.39 Å². The van der Waals surface area contributed by atoms with Gasteiger partial charge in [-0.05, 0) is 43.2 Å². The highest BCUT2D eigenvalue weighted by Crippen LogP contribution is 2.37. The van der Waals surface area contributed by atoms with Gasteiger partial charge in [0.25, 0.3) is 5.56 Å². The molecule has 4 rings (SSSR count). The zero-order valence-corrected chi connectivity index (χ0v) is 20.5. The average Bonchev–Trinajstić information content (AvgIpc) is 3.20. The van der Waals surface area contributed by atoms with E-state index in [4.69, 9.17) is 10.8 Å². The van der Waals surface area contributed by atoms with E-state index in [0.717, 1.165) is 4.31 Å². The Balaban J connectivity index is 1.75. The predicted octanol–water partition coefficient (Wildman–Crippen LogP) is 1.85. The first-order valence-corrected chi connectivity index (χ1v) is 12.5. The van der Waals surface area contributed by atoms with Crippen LogP contribution < -0.4 is 16.6 Å². The summed E-state index contributed by atoms with van der Waals surface area (Å²) in [5, 5.41) is 17.9. The molecular weight excluding hydrogens is 468 g/mol. The molecule has 0 atom stereocenters. The number of nitrogens with zero attached hydrogens (tertiary/aromatic N) is 5. The number of aromatic nitrogens is 3. The maximum absolute atomic E-state index is 12.8. The quantitative estimate of drug-likeness (QED) is 0.448. The van der Waals surface area contributed by atoms with Gasteiger partial charge in [0, 0.05) is 39.1 Å². The lowest BCUT2D eigenvalue weighted by molar-refractivity contribution is 0.128. The summed E-state index contributed by atoms with van der Waals surface area (Å²) in [6.07, 6.45) is 3.00. The monoisotopic (exact) mass is 496 g/mol. The maximum atomic E-state index is 12.8. The first-order chi connectivity index (χ1) is 16.6. The van der Waals surface area contributed by atoms with E-state index in [-0.39, 0.29) is 16.9 Å². The molecular formula is C23H28N8O3S. The minimum Gasteiger partial charge on any atom is -0.386 e. The number of nitrogens with two attached hydrogens (primary N) is 1. The van der Waals surface area contributed by atoms with E-state index < -0.39 is 15.6 Å². The topological polar surface area (TPSA) is 153 Å². The van der Waals surface area contributed by atoms with Crippen LogP contribution in [-0.4, -0.2) is 59.6 Å². The SMILES string of the molecule is C=C(N)N1CCC(CC#N)(n2nc(Nc3ccc(S(=O)(=O)N(C)C)cc3)c3c(=O)[nH]ccc32)CC1. The molecule has 0 spiro atoms. The van der Waals surface area contributed by atoms with Crippen molar-refractivity contribution in [1.29, 1.82) is 5.26 Å². The molecule has 4 N–H and O–H groups in total. The van der Waals surface area contributed by atoms with E-state index in [9.17, 15) is 18.5 Å². The molecule has 35 heavy (non-hydrogen) atoms. The highest BCUT2D eigenvalue weighted by molar-refractivity contribution is 7.89. The summed E-state index contributed by atoms with van der Waals surface area (Å²) < 4.78 is 27.7. The molecule has 1 aliphatic heterocycles. The number of piperidine rings is 1. The minimum atomic E-state index is -3.56.